The monoisotopic (exact) mass is 258 g/mol. The molecule has 0 saturated carbocycles. The van der Waals surface area contributed by atoms with Crippen molar-refractivity contribution in [2.24, 2.45) is 0 Å². The molecule has 0 aromatic carbocycles. The van der Waals surface area contributed by atoms with Crippen molar-refractivity contribution in [3.05, 3.63) is 52.5 Å². The molecule has 0 aliphatic carbocycles. The predicted molar refractivity (Wildman–Crippen MR) is 71.6 cm³/mol. The molecule has 92 valence electrons. The van der Waals surface area contributed by atoms with Crippen LogP contribution < -0.4 is 0 Å². The minimum absolute atomic E-state index is 0.0963. The summed E-state index contributed by atoms with van der Waals surface area (Å²) in [4.78, 5) is 19.7. The van der Waals surface area contributed by atoms with Crippen molar-refractivity contribution < 1.29 is 4.79 Å². The summed E-state index contributed by atoms with van der Waals surface area (Å²) in [5.41, 5.74) is 0.681. The van der Waals surface area contributed by atoms with Crippen LogP contribution >= 0.6 is 11.3 Å². The Kier molecular flexibility index (Phi) is 3.11. The van der Waals surface area contributed by atoms with Gasteiger partial charge in [-0.1, -0.05) is 6.07 Å². The minimum Gasteiger partial charge on any atom is -0.331 e. The number of amides is 1. The molecule has 3 rings (SSSR count). The summed E-state index contributed by atoms with van der Waals surface area (Å²) >= 11 is 1.73. The molecule has 0 radical (unpaired) electrons. The second kappa shape index (κ2) is 4.90. The van der Waals surface area contributed by atoms with E-state index in [4.69, 9.17) is 0 Å². The van der Waals surface area contributed by atoms with E-state index in [9.17, 15) is 4.79 Å². The van der Waals surface area contributed by atoms with Crippen molar-refractivity contribution in [3.63, 3.8) is 0 Å². The van der Waals surface area contributed by atoms with Crippen LogP contribution in [0.3, 0.4) is 0 Å². The molecule has 2 aromatic heterocycles. The summed E-state index contributed by atoms with van der Waals surface area (Å²) in [6.07, 6.45) is 5.48. The molecule has 2 aromatic rings. The summed E-state index contributed by atoms with van der Waals surface area (Å²) in [6, 6.07) is 8.05. The summed E-state index contributed by atoms with van der Waals surface area (Å²) < 4.78 is 0. The number of thiophene rings is 1. The third kappa shape index (κ3) is 2.04. The lowest BCUT2D eigenvalue weighted by atomic mass is 10.1. The third-order valence-electron chi connectivity index (χ3n) is 3.29. The Bertz CT molecular complexity index is 524. The number of hydrogen-bond donors (Lipinski definition) is 0. The van der Waals surface area contributed by atoms with E-state index in [1.54, 1.807) is 23.7 Å². The quantitative estimate of drug-likeness (QED) is 0.829. The summed E-state index contributed by atoms with van der Waals surface area (Å²) in [5, 5.41) is 2.07. The normalized spacial score (nSPS) is 19.1. The Morgan fingerprint density at radius 1 is 1.39 bits per heavy atom. The number of hydrogen-bond acceptors (Lipinski definition) is 3. The number of nitrogens with zero attached hydrogens (tertiary/aromatic N) is 2. The third-order valence-corrected chi connectivity index (χ3v) is 4.27. The van der Waals surface area contributed by atoms with Gasteiger partial charge in [0, 0.05) is 23.8 Å². The molecule has 1 fully saturated rings. The lowest BCUT2D eigenvalue weighted by Crippen LogP contribution is -2.30. The van der Waals surface area contributed by atoms with E-state index >= 15 is 0 Å². The van der Waals surface area contributed by atoms with E-state index < -0.39 is 0 Å². The molecule has 18 heavy (non-hydrogen) atoms. The van der Waals surface area contributed by atoms with Crippen LogP contribution in [0.15, 0.2) is 42.0 Å². The first-order valence-electron chi connectivity index (χ1n) is 6.10. The highest BCUT2D eigenvalue weighted by Gasteiger charge is 2.31. The highest BCUT2D eigenvalue weighted by Crippen LogP contribution is 2.35. The lowest BCUT2D eigenvalue weighted by Gasteiger charge is -2.23. The van der Waals surface area contributed by atoms with Crippen LogP contribution in [-0.2, 0) is 0 Å². The van der Waals surface area contributed by atoms with Crippen LogP contribution in [-0.4, -0.2) is 22.3 Å². The topological polar surface area (TPSA) is 33.2 Å². The van der Waals surface area contributed by atoms with Gasteiger partial charge in [-0.05, 0) is 36.4 Å². The second-order valence-corrected chi connectivity index (χ2v) is 5.39. The van der Waals surface area contributed by atoms with Gasteiger partial charge in [0.25, 0.3) is 5.91 Å². The van der Waals surface area contributed by atoms with E-state index in [-0.39, 0.29) is 11.9 Å². The van der Waals surface area contributed by atoms with Gasteiger partial charge >= 0.3 is 0 Å². The Labute approximate surface area is 110 Å². The van der Waals surface area contributed by atoms with E-state index in [0.717, 1.165) is 19.4 Å². The van der Waals surface area contributed by atoms with Gasteiger partial charge in [-0.15, -0.1) is 11.3 Å². The fourth-order valence-corrected chi connectivity index (χ4v) is 3.32. The number of likely N-dealkylation sites (tertiary alicyclic amines) is 1. The molecule has 3 nitrogen and oxygen atoms in total. The standard InChI is InChI=1S/C14H14N2OS/c17-14(11-4-1-7-15-10-11)16-8-2-5-12(16)13-6-3-9-18-13/h1,3-4,6-7,9-10,12H,2,5,8H2. The zero-order valence-corrected chi connectivity index (χ0v) is 10.8. The molecule has 1 saturated heterocycles. The average Bonchev–Trinajstić information content (AvgIpc) is 3.09. The molecule has 1 unspecified atom stereocenters. The highest BCUT2D eigenvalue weighted by atomic mass is 32.1. The Morgan fingerprint density at radius 2 is 2.33 bits per heavy atom. The first-order valence-corrected chi connectivity index (χ1v) is 6.98. The molecule has 1 aliphatic heterocycles. The number of pyridine rings is 1. The molecular formula is C14H14N2OS. The molecule has 1 atom stereocenters. The van der Waals surface area contributed by atoms with E-state index in [0.29, 0.717) is 5.56 Å². The number of rotatable bonds is 2. The van der Waals surface area contributed by atoms with Crippen LogP contribution in [0.25, 0.3) is 0 Å². The smallest absolute Gasteiger partial charge is 0.255 e. The highest BCUT2D eigenvalue weighted by molar-refractivity contribution is 7.10. The molecule has 0 N–H and O–H groups in total. The van der Waals surface area contributed by atoms with Gasteiger partial charge in [0.2, 0.25) is 0 Å². The van der Waals surface area contributed by atoms with Crippen molar-refractivity contribution in [1.29, 1.82) is 0 Å². The number of carbonyl (C=O) groups excluding carboxylic acids is 1. The molecule has 4 heteroatoms. The van der Waals surface area contributed by atoms with Gasteiger partial charge in [0.05, 0.1) is 11.6 Å². The van der Waals surface area contributed by atoms with Gasteiger partial charge in [0.15, 0.2) is 0 Å². The fourth-order valence-electron chi connectivity index (χ4n) is 2.44. The van der Waals surface area contributed by atoms with Crippen molar-refractivity contribution in [1.82, 2.24) is 9.88 Å². The van der Waals surface area contributed by atoms with Crippen molar-refractivity contribution in [3.8, 4) is 0 Å². The van der Waals surface area contributed by atoms with Crippen molar-refractivity contribution in [2.75, 3.05) is 6.54 Å². The summed E-state index contributed by atoms with van der Waals surface area (Å²) in [5.74, 6) is 0.0963. The molecule has 1 aliphatic rings. The molecule has 3 heterocycles. The van der Waals surface area contributed by atoms with Gasteiger partial charge in [-0.25, -0.2) is 0 Å². The molecule has 1 amide bonds. The summed E-state index contributed by atoms with van der Waals surface area (Å²) in [6.45, 7) is 0.844. The maximum absolute atomic E-state index is 12.4. The predicted octanol–water partition coefficient (Wildman–Crippen LogP) is 3.12. The zero-order chi connectivity index (χ0) is 12.4. The van der Waals surface area contributed by atoms with Gasteiger partial charge in [-0.3, -0.25) is 9.78 Å². The molecular weight excluding hydrogens is 244 g/mol. The second-order valence-electron chi connectivity index (χ2n) is 4.41. The van der Waals surface area contributed by atoms with Crippen molar-refractivity contribution in [2.45, 2.75) is 18.9 Å². The largest absolute Gasteiger partial charge is 0.331 e. The van der Waals surface area contributed by atoms with Crippen LogP contribution in [0, 0.1) is 0 Å². The van der Waals surface area contributed by atoms with Gasteiger partial charge < -0.3 is 4.90 Å². The van der Waals surface area contributed by atoms with Crippen LogP contribution in [0.1, 0.15) is 34.1 Å². The Morgan fingerprint density at radius 3 is 3.06 bits per heavy atom. The SMILES string of the molecule is O=C(c1cccnc1)N1CCCC1c1cccs1. The van der Waals surface area contributed by atoms with Crippen LogP contribution in [0.2, 0.25) is 0 Å². The maximum atomic E-state index is 12.4. The first kappa shape index (κ1) is 11.4. The molecule has 0 bridgehead atoms. The van der Waals surface area contributed by atoms with Gasteiger partial charge in [0.1, 0.15) is 0 Å². The van der Waals surface area contributed by atoms with Crippen LogP contribution in [0.5, 0.6) is 0 Å². The van der Waals surface area contributed by atoms with E-state index in [1.165, 1.54) is 4.88 Å². The summed E-state index contributed by atoms with van der Waals surface area (Å²) in [7, 11) is 0. The Hall–Kier alpha value is -1.68. The fraction of sp³-hybridized carbons (Fsp3) is 0.286. The zero-order valence-electron chi connectivity index (χ0n) is 9.95. The average molecular weight is 258 g/mol. The van der Waals surface area contributed by atoms with Crippen LogP contribution in [0.4, 0.5) is 0 Å². The maximum Gasteiger partial charge on any atom is 0.255 e. The number of carbonyl (C=O) groups is 1. The number of aromatic nitrogens is 1. The Balaban J connectivity index is 1.85. The first-order chi connectivity index (χ1) is 8.86. The van der Waals surface area contributed by atoms with Gasteiger partial charge in [-0.2, -0.15) is 0 Å². The lowest BCUT2D eigenvalue weighted by molar-refractivity contribution is 0.0737. The molecule has 0 spiro atoms. The van der Waals surface area contributed by atoms with E-state index in [1.807, 2.05) is 23.1 Å². The minimum atomic E-state index is 0.0963. The van der Waals surface area contributed by atoms with E-state index in [2.05, 4.69) is 16.4 Å². The van der Waals surface area contributed by atoms with Crippen molar-refractivity contribution >= 4 is 17.2 Å².